The first kappa shape index (κ1) is 21.8. The number of carbonyl (C=O) groups is 1. The molecule has 8 heteroatoms. The van der Waals surface area contributed by atoms with Crippen LogP contribution in [0.15, 0.2) is 47.6 Å². The summed E-state index contributed by atoms with van der Waals surface area (Å²) in [5, 5.41) is 5.15. The van der Waals surface area contributed by atoms with Crippen molar-refractivity contribution in [1.29, 1.82) is 0 Å². The van der Waals surface area contributed by atoms with Crippen molar-refractivity contribution in [1.82, 2.24) is 19.7 Å². The Kier molecular flexibility index (Phi) is 8.26. The Morgan fingerprint density at radius 2 is 1.83 bits per heavy atom. The van der Waals surface area contributed by atoms with Crippen LogP contribution in [0.4, 0.5) is 0 Å². The zero-order chi connectivity index (χ0) is 21.2. The van der Waals surface area contributed by atoms with Crippen molar-refractivity contribution >= 4 is 29.1 Å². The molecule has 0 aliphatic heterocycles. The summed E-state index contributed by atoms with van der Waals surface area (Å²) in [4.78, 5) is 19.9. The Morgan fingerprint density at radius 3 is 2.57 bits per heavy atom. The summed E-state index contributed by atoms with van der Waals surface area (Å²) in [6.45, 7) is 4.99. The Hall–Kier alpha value is -2.87. The van der Waals surface area contributed by atoms with E-state index >= 15 is 0 Å². The number of thioether (sulfide) groups is 1. The molecule has 30 heavy (non-hydrogen) atoms. The summed E-state index contributed by atoms with van der Waals surface area (Å²) < 4.78 is 13.6. The summed E-state index contributed by atoms with van der Waals surface area (Å²) in [6.07, 6.45) is 8.10. The molecule has 0 aliphatic rings. The maximum absolute atomic E-state index is 10.8. The largest absolute Gasteiger partial charge is 0.476 e. The summed E-state index contributed by atoms with van der Waals surface area (Å²) in [5.74, 6) is 1.19. The number of unbranched alkanes of at least 4 members (excludes halogenated alkanes) is 1. The Balaban J connectivity index is 2.03. The lowest BCUT2D eigenvalue weighted by Gasteiger charge is -2.08. The summed E-state index contributed by atoms with van der Waals surface area (Å²) in [5.41, 5.74) is 1.97. The minimum absolute atomic E-state index is 0.266. The second kappa shape index (κ2) is 11.3. The van der Waals surface area contributed by atoms with E-state index in [0.29, 0.717) is 41.2 Å². The zero-order valence-electron chi connectivity index (χ0n) is 17.3. The van der Waals surface area contributed by atoms with Crippen molar-refractivity contribution in [2.24, 2.45) is 0 Å². The maximum atomic E-state index is 10.8. The quantitative estimate of drug-likeness (QED) is 0.137. The molecule has 158 valence electrons. The molecule has 0 saturated carbocycles. The third kappa shape index (κ3) is 5.38. The van der Waals surface area contributed by atoms with Crippen molar-refractivity contribution in [2.45, 2.75) is 38.3 Å². The number of aldehydes is 1. The van der Waals surface area contributed by atoms with Crippen molar-refractivity contribution in [3.8, 4) is 17.4 Å². The van der Waals surface area contributed by atoms with E-state index in [4.69, 9.17) is 14.6 Å². The first-order valence-electron chi connectivity index (χ1n) is 10.1. The second-order valence-corrected chi connectivity index (χ2v) is 7.36. The van der Waals surface area contributed by atoms with Gasteiger partial charge in [0.05, 0.1) is 24.7 Å². The molecule has 3 rings (SSSR count). The van der Waals surface area contributed by atoms with E-state index in [1.165, 1.54) is 11.8 Å². The minimum Gasteiger partial charge on any atom is -0.476 e. The lowest BCUT2D eigenvalue weighted by molar-refractivity contribution is -0.105. The van der Waals surface area contributed by atoms with E-state index < -0.39 is 0 Å². The highest BCUT2D eigenvalue weighted by Gasteiger charge is 2.21. The van der Waals surface area contributed by atoms with E-state index in [2.05, 4.69) is 29.0 Å². The van der Waals surface area contributed by atoms with Gasteiger partial charge >= 0.3 is 0 Å². The van der Waals surface area contributed by atoms with Crippen LogP contribution >= 0.6 is 11.8 Å². The molecule has 0 radical (unpaired) electrons. The first-order chi connectivity index (χ1) is 14.8. The normalized spacial score (nSPS) is 11.3. The molecule has 0 saturated heterocycles. The van der Waals surface area contributed by atoms with Crippen LogP contribution in [-0.4, -0.2) is 45.0 Å². The molecule has 0 fully saturated rings. The van der Waals surface area contributed by atoms with Crippen LogP contribution in [0.2, 0.25) is 0 Å². The van der Waals surface area contributed by atoms with E-state index in [1.807, 2.05) is 37.3 Å². The van der Waals surface area contributed by atoms with Gasteiger partial charge in [0.25, 0.3) is 0 Å². The fraction of sp³-hybridized carbons (Fsp3) is 0.364. The minimum atomic E-state index is 0.266. The SMILES string of the molecule is CCCC=CCCOc1c2nc(SCC=O)nc(OCC)c2nn1-c1ccccc1. The summed E-state index contributed by atoms with van der Waals surface area (Å²) in [6, 6.07) is 9.75. The second-order valence-electron chi connectivity index (χ2n) is 6.37. The monoisotopic (exact) mass is 426 g/mol. The smallest absolute Gasteiger partial charge is 0.246 e. The summed E-state index contributed by atoms with van der Waals surface area (Å²) >= 11 is 1.25. The number of allylic oxidation sites excluding steroid dienone is 1. The van der Waals surface area contributed by atoms with Gasteiger partial charge in [0.15, 0.2) is 16.2 Å². The highest BCUT2D eigenvalue weighted by molar-refractivity contribution is 7.99. The van der Waals surface area contributed by atoms with Gasteiger partial charge in [-0.2, -0.15) is 14.8 Å². The Morgan fingerprint density at radius 1 is 1.03 bits per heavy atom. The van der Waals surface area contributed by atoms with Gasteiger partial charge in [0.1, 0.15) is 6.29 Å². The van der Waals surface area contributed by atoms with Gasteiger partial charge in [-0.05, 0) is 31.9 Å². The molecule has 2 heterocycles. The van der Waals surface area contributed by atoms with Crippen LogP contribution in [-0.2, 0) is 4.79 Å². The van der Waals surface area contributed by atoms with E-state index in [-0.39, 0.29) is 5.75 Å². The van der Waals surface area contributed by atoms with E-state index in [0.717, 1.165) is 31.2 Å². The summed E-state index contributed by atoms with van der Waals surface area (Å²) in [7, 11) is 0. The predicted molar refractivity (Wildman–Crippen MR) is 119 cm³/mol. The molecule has 0 unspecified atom stereocenters. The van der Waals surface area contributed by atoms with Crippen LogP contribution in [0.25, 0.3) is 16.7 Å². The number of rotatable bonds is 12. The Labute approximate surface area is 180 Å². The number of ether oxygens (including phenoxy) is 2. The van der Waals surface area contributed by atoms with E-state index in [1.54, 1.807) is 4.68 Å². The number of benzene rings is 1. The standard InChI is InChI=1S/C22H26N4O3S/c1-3-5-6-7-11-15-29-21-19-18(25-26(21)17-12-9-8-10-13-17)20(28-4-2)24-22(23-19)30-16-14-27/h6-10,12-14H,3-5,11,15-16H2,1-2H3. The van der Waals surface area contributed by atoms with Gasteiger partial charge in [-0.1, -0.05) is 55.5 Å². The Bertz CT molecular complexity index is 989. The number of para-hydroxylation sites is 1. The third-order valence-electron chi connectivity index (χ3n) is 4.13. The number of nitrogens with zero attached hydrogens (tertiary/aromatic N) is 4. The number of hydrogen-bond acceptors (Lipinski definition) is 7. The molecule has 0 atom stereocenters. The van der Waals surface area contributed by atoms with Gasteiger partial charge < -0.3 is 14.3 Å². The number of fused-ring (bicyclic) bond motifs is 1. The molecular weight excluding hydrogens is 400 g/mol. The third-order valence-corrected chi connectivity index (χ3v) is 4.88. The molecule has 0 spiro atoms. The highest BCUT2D eigenvalue weighted by Crippen LogP contribution is 2.33. The van der Waals surface area contributed by atoms with Gasteiger partial charge in [0, 0.05) is 0 Å². The average Bonchev–Trinajstić information content (AvgIpc) is 3.14. The van der Waals surface area contributed by atoms with Gasteiger partial charge in [-0.25, -0.2) is 4.98 Å². The number of hydrogen-bond donors (Lipinski definition) is 0. The fourth-order valence-electron chi connectivity index (χ4n) is 2.81. The maximum Gasteiger partial charge on any atom is 0.246 e. The van der Waals surface area contributed by atoms with Crippen molar-refractivity contribution in [3.63, 3.8) is 0 Å². The number of aromatic nitrogens is 4. The zero-order valence-corrected chi connectivity index (χ0v) is 18.1. The van der Waals surface area contributed by atoms with Crippen molar-refractivity contribution in [2.75, 3.05) is 19.0 Å². The average molecular weight is 427 g/mol. The molecule has 0 aliphatic carbocycles. The predicted octanol–water partition coefficient (Wildman–Crippen LogP) is 4.63. The van der Waals surface area contributed by atoms with Crippen molar-refractivity contribution < 1.29 is 14.3 Å². The molecule has 3 aromatic rings. The van der Waals surface area contributed by atoms with Gasteiger partial charge in [-0.15, -0.1) is 0 Å². The fourth-order valence-corrected chi connectivity index (χ4v) is 3.33. The number of carbonyl (C=O) groups excluding carboxylic acids is 1. The topological polar surface area (TPSA) is 79.1 Å². The molecular formula is C22H26N4O3S. The van der Waals surface area contributed by atoms with Crippen LogP contribution in [0.5, 0.6) is 11.8 Å². The van der Waals surface area contributed by atoms with Crippen LogP contribution in [0, 0.1) is 0 Å². The lowest BCUT2D eigenvalue weighted by Crippen LogP contribution is -2.04. The van der Waals surface area contributed by atoms with Crippen LogP contribution in [0.3, 0.4) is 0 Å². The van der Waals surface area contributed by atoms with Gasteiger partial charge in [-0.3, -0.25) is 0 Å². The molecule has 2 aromatic heterocycles. The molecule has 1 aromatic carbocycles. The van der Waals surface area contributed by atoms with Crippen LogP contribution < -0.4 is 9.47 Å². The lowest BCUT2D eigenvalue weighted by atomic mass is 10.3. The molecule has 0 N–H and O–H groups in total. The molecule has 7 nitrogen and oxygen atoms in total. The molecule has 0 amide bonds. The molecule has 0 bridgehead atoms. The van der Waals surface area contributed by atoms with Crippen molar-refractivity contribution in [3.05, 3.63) is 42.5 Å². The van der Waals surface area contributed by atoms with Crippen LogP contribution in [0.1, 0.15) is 33.1 Å². The van der Waals surface area contributed by atoms with Gasteiger partial charge in [0.2, 0.25) is 11.8 Å². The highest BCUT2D eigenvalue weighted by atomic mass is 32.2. The first-order valence-corrected chi connectivity index (χ1v) is 11.1. The van der Waals surface area contributed by atoms with E-state index in [9.17, 15) is 4.79 Å².